The lowest BCUT2D eigenvalue weighted by Gasteiger charge is -2.19. The van der Waals surface area contributed by atoms with Crippen molar-refractivity contribution in [2.75, 3.05) is 30.3 Å². The van der Waals surface area contributed by atoms with Crippen LogP contribution in [0.4, 0.5) is 5.82 Å². The summed E-state index contributed by atoms with van der Waals surface area (Å²) in [5, 5.41) is 4.36. The first-order valence-electron chi connectivity index (χ1n) is 5.76. The van der Waals surface area contributed by atoms with Crippen molar-refractivity contribution in [3.63, 3.8) is 0 Å². The van der Waals surface area contributed by atoms with Gasteiger partial charge in [-0.1, -0.05) is 0 Å². The van der Waals surface area contributed by atoms with Gasteiger partial charge in [0.1, 0.15) is 5.82 Å². The van der Waals surface area contributed by atoms with Crippen LogP contribution in [0.2, 0.25) is 0 Å². The maximum atomic E-state index is 6.03. The molecule has 0 amide bonds. The number of nitrogen functional groups attached to an aromatic ring is 1. The van der Waals surface area contributed by atoms with E-state index >= 15 is 0 Å². The zero-order valence-corrected chi connectivity index (χ0v) is 10.9. The Hall–Kier alpha value is -0.680. The summed E-state index contributed by atoms with van der Waals surface area (Å²) in [7, 11) is 1.91. The summed E-state index contributed by atoms with van der Waals surface area (Å²) in [5.41, 5.74) is 8.30. The third kappa shape index (κ3) is 2.52. The number of nitrogens with zero attached hydrogens (tertiary/aromatic N) is 3. The lowest BCUT2D eigenvalue weighted by molar-refractivity contribution is 0.287. The number of aryl methyl sites for hydroxylation is 2. The van der Waals surface area contributed by atoms with Crippen LogP contribution in [-0.4, -0.2) is 39.3 Å². The third-order valence-corrected chi connectivity index (χ3v) is 4.14. The predicted molar refractivity (Wildman–Crippen MR) is 69.6 cm³/mol. The molecule has 5 heteroatoms. The first-order chi connectivity index (χ1) is 7.68. The van der Waals surface area contributed by atoms with Crippen LogP contribution < -0.4 is 5.73 Å². The van der Waals surface area contributed by atoms with Gasteiger partial charge in [-0.15, -0.1) is 0 Å². The number of anilines is 1. The molecular formula is C11H20N4S. The summed E-state index contributed by atoms with van der Waals surface area (Å²) in [6.07, 6.45) is 1.28. The van der Waals surface area contributed by atoms with Gasteiger partial charge in [-0.05, 0) is 25.6 Å². The van der Waals surface area contributed by atoms with Gasteiger partial charge in [-0.25, -0.2) is 0 Å². The van der Waals surface area contributed by atoms with Gasteiger partial charge in [0, 0.05) is 31.5 Å². The molecule has 0 radical (unpaired) electrons. The van der Waals surface area contributed by atoms with E-state index in [4.69, 9.17) is 5.73 Å². The van der Waals surface area contributed by atoms with Gasteiger partial charge in [-0.3, -0.25) is 9.58 Å². The quantitative estimate of drug-likeness (QED) is 0.845. The van der Waals surface area contributed by atoms with E-state index in [0.29, 0.717) is 0 Å². The molecule has 0 unspecified atom stereocenters. The largest absolute Gasteiger partial charge is 0.384 e. The van der Waals surface area contributed by atoms with E-state index in [-0.39, 0.29) is 0 Å². The zero-order chi connectivity index (χ0) is 11.5. The number of rotatable bonds is 2. The Bertz CT molecular complexity index is 353. The second-order valence-corrected chi connectivity index (χ2v) is 5.54. The summed E-state index contributed by atoms with van der Waals surface area (Å²) >= 11 is 2.05. The molecule has 1 aromatic heterocycles. The van der Waals surface area contributed by atoms with Crippen LogP contribution in [0.5, 0.6) is 0 Å². The molecule has 1 aliphatic rings. The Labute approximate surface area is 101 Å². The maximum absolute atomic E-state index is 6.03. The van der Waals surface area contributed by atoms with Crippen molar-refractivity contribution >= 4 is 17.6 Å². The second kappa shape index (κ2) is 5.10. The number of thioether (sulfide) groups is 1. The molecule has 0 aliphatic carbocycles. The highest BCUT2D eigenvalue weighted by molar-refractivity contribution is 7.99. The van der Waals surface area contributed by atoms with Crippen LogP contribution in [0, 0.1) is 6.92 Å². The Balaban J connectivity index is 2.07. The monoisotopic (exact) mass is 240 g/mol. The highest BCUT2D eigenvalue weighted by atomic mass is 32.2. The Kier molecular flexibility index (Phi) is 3.76. The van der Waals surface area contributed by atoms with Gasteiger partial charge in [0.15, 0.2) is 0 Å². The van der Waals surface area contributed by atoms with Gasteiger partial charge < -0.3 is 5.73 Å². The van der Waals surface area contributed by atoms with E-state index in [9.17, 15) is 0 Å². The van der Waals surface area contributed by atoms with Crippen LogP contribution in [0.3, 0.4) is 0 Å². The van der Waals surface area contributed by atoms with Crippen LogP contribution in [-0.2, 0) is 13.6 Å². The summed E-state index contributed by atoms with van der Waals surface area (Å²) in [6.45, 7) is 5.34. The minimum absolute atomic E-state index is 0.814. The molecule has 4 nitrogen and oxygen atoms in total. The second-order valence-electron chi connectivity index (χ2n) is 4.31. The smallest absolute Gasteiger partial charge is 0.126 e. The Morgan fingerprint density at radius 3 is 2.88 bits per heavy atom. The highest BCUT2D eigenvalue weighted by Crippen LogP contribution is 2.19. The molecule has 1 saturated heterocycles. The number of nitrogens with two attached hydrogens (primary N) is 1. The van der Waals surface area contributed by atoms with Crippen LogP contribution in [0.1, 0.15) is 17.7 Å². The van der Waals surface area contributed by atoms with E-state index in [1.165, 1.54) is 36.6 Å². The minimum Gasteiger partial charge on any atom is -0.384 e. The van der Waals surface area contributed by atoms with Crippen molar-refractivity contribution in [3.05, 3.63) is 11.3 Å². The van der Waals surface area contributed by atoms with Gasteiger partial charge in [-0.2, -0.15) is 16.9 Å². The van der Waals surface area contributed by atoms with E-state index in [1.54, 1.807) is 4.68 Å². The summed E-state index contributed by atoms with van der Waals surface area (Å²) in [5.74, 6) is 3.34. The van der Waals surface area contributed by atoms with Crippen molar-refractivity contribution < 1.29 is 0 Å². The summed E-state index contributed by atoms with van der Waals surface area (Å²) in [6, 6.07) is 0. The molecule has 0 aromatic carbocycles. The van der Waals surface area contributed by atoms with Crippen molar-refractivity contribution in [2.24, 2.45) is 7.05 Å². The molecule has 1 aliphatic heterocycles. The molecule has 1 fully saturated rings. The molecule has 0 atom stereocenters. The van der Waals surface area contributed by atoms with E-state index in [1.807, 2.05) is 25.7 Å². The van der Waals surface area contributed by atoms with Crippen molar-refractivity contribution in [3.8, 4) is 0 Å². The van der Waals surface area contributed by atoms with Gasteiger partial charge in [0.25, 0.3) is 0 Å². The fraction of sp³-hybridized carbons (Fsp3) is 0.727. The van der Waals surface area contributed by atoms with Crippen molar-refractivity contribution in [1.82, 2.24) is 14.7 Å². The molecule has 1 aromatic rings. The van der Waals surface area contributed by atoms with E-state index in [2.05, 4.69) is 10.00 Å². The standard InChI is InChI=1S/C11H20N4S/c1-9-10(11(12)14(2)13-9)8-15-4-3-6-16-7-5-15/h3-8,12H2,1-2H3. The maximum Gasteiger partial charge on any atom is 0.126 e. The Morgan fingerprint density at radius 1 is 1.38 bits per heavy atom. The van der Waals surface area contributed by atoms with Gasteiger partial charge in [0.05, 0.1) is 5.69 Å². The highest BCUT2D eigenvalue weighted by Gasteiger charge is 2.15. The molecule has 0 bridgehead atoms. The first kappa shape index (κ1) is 11.8. The predicted octanol–water partition coefficient (Wildman–Crippen LogP) is 1.25. The summed E-state index contributed by atoms with van der Waals surface area (Å²) < 4.78 is 1.78. The minimum atomic E-state index is 0.814. The fourth-order valence-electron chi connectivity index (χ4n) is 2.09. The van der Waals surface area contributed by atoms with Gasteiger partial charge in [0.2, 0.25) is 0 Å². The van der Waals surface area contributed by atoms with Crippen LogP contribution in [0.15, 0.2) is 0 Å². The molecule has 2 heterocycles. The number of hydrogen-bond donors (Lipinski definition) is 1. The lowest BCUT2D eigenvalue weighted by Crippen LogP contribution is -2.26. The topological polar surface area (TPSA) is 47.1 Å². The molecule has 2 rings (SSSR count). The van der Waals surface area contributed by atoms with Gasteiger partial charge >= 0.3 is 0 Å². The normalized spacial score (nSPS) is 18.6. The SMILES string of the molecule is Cc1nn(C)c(N)c1CN1CCCSCC1. The van der Waals surface area contributed by atoms with Crippen molar-refractivity contribution in [2.45, 2.75) is 19.9 Å². The molecule has 90 valence electrons. The van der Waals surface area contributed by atoms with E-state index < -0.39 is 0 Å². The van der Waals surface area contributed by atoms with E-state index in [0.717, 1.165) is 18.1 Å². The van der Waals surface area contributed by atoms with Crippen LogP contribution >= 0.6 is 11.8 Å². The molecular weight excluding hydrogens is 220 g/mol. The Morgan fingerprint density at radius 2 is 2.19 bits per heavy atom. The molecule has 2 N–H and O–H groups in total. The lowest BCUT2D eigenvalue weighted by atomic mass is 10.2. The molecule has 0 spiro atoms. The van der Waals surface area contributed by atoms with Crippen LogP contribution in [0.25, 0.3) is 0 Å². The number of aromatic nitrogens is 2. The average Bonchev–Trinajstić information content (AvgIpc) is 2.51. The molecule has 16 heavy (non-hydrogen) atoms. The summed E-state index contributed by atoms with van der Waals surface area (Å²) in [4.78, 5) is 2.49. The average molecular weight is 240 g/mol. The first-order valence-corrected chi connectivity index (χ1v) is 6.92. The zero-order valence-electron chi connectivity index (χ0n) is 10.1. The molecule has 0 saturated carbocycles. The van der Waals surface area contributed by atoms with Crippen molar-refractivity contribution in [1.29, 1.82) is 0 Å². The third-order valence-electron chi connectivity index (χ3n) is 3.09. The number of hydrogen-bond acceptors (Lipinski definition) is 4. The fourth-order valence-corrected chi connectivity index (χ4v) is 3.02.